The van der Waals surface area contributed by atoms with Gasteiger partial charge in [-0.1, -0.05) is 18.9 Å². The molecule has 0 bridgehead atoms. The van der Waals surface area contributed by atoms with Gasteiger partial charge >= 0.3 is 0 Å². The molecule has 7 nitrogen and oxygen atoms in total. The van der Waals surface area contributed by atoms with E-state index < -0.39 is 0 Å². The maximum atomic E-state index is 9.12. The van der Waals surface area contributed by atoms with Crippen LogP contribution in [0.3, 0.4) is 0 Å². The second-order valence-corrected chi connectivity index (χ2v) is 10.4. The largest absolute Gasteiger partial charge is 0.370 e. The topological polar surface area (TPSA) is 89.8 Å². The quantitative estimate of drug-likeness (QED) is 0.357. The van der Waals surface area contributed by atoms with Crippen molar-refractivity contribution in [3.05, 3.63) is 78.8 Å². The van der Waals surface area contributed by atoms with Gasteiger partial charge in [0.2, 0.25) is 0 Å². The lowest BCUT2D eigenvalue weighted by Crippen LogP contribution is -2.54. The molecule has 3 heterocycles. The lowest BCUT2D eigenvalue weighted by atomic mass is 9.89. The van der Waals surface area contributed by atoms with Gasteiger partial charge in [0.15, 0.2) is 0 Å². The van der Waals surface area contributed by atoms with Gasteiger partial charge in [-0.15, -0.1) is 0 Å². The van der Waals surface area contributed by atoms with Gasteiger partial charge in [-0.2, -0.15) is 5.26 Å². The molecule has 192 valence electrons. The third kappa shape index (κ3) is 5.46. The standard InChI is InChI=1S/C31H33N7/c32-20-22-7-10-26(11-8-22)38-17-3-4-25(21-38)36-28-5-1-2-6-29(28)37-31-19-24(13-14-35-31)23-9-12-27-30(18-23)34-16-15-33-27/h7-16,18-19,25,28-29,36H,1-6,17,21H2,(H,35,37)/t25-,28+,29+/m0/s1. The Morgan fingerprint density at radius 1 is 0.763 bits per heavy atom. The number of fused-ring (bicyclic) bond motifs is 1. The molecule has 2 aliphatic rings. The van der Waals surface area contributed by atoms with Gasteiger partial charge in [0.1, 0.15) is 5.82 Å². The van der Waals surface area contributed by atoms with E-state index >= 15 is 0 Å². The third-order valence-corrected chi connectivity index (χ3v) is 7.89. The Morgan fingerprint density at radius 3 is 2.39 bits per heavy atom. The molecule has 3 atom stereocenters. The SMILES string of the molecule is N#Cc1ccc(N2CCC[C@H](N[C@@H]3CCCC[C@H]3Nc3cc(-c4ccc5nccnc5c4)ccn3)C2)cc1. The molecule has 2 fully saturated rings. The van der Waals surface area contributed by atoms with Crippen LogP contribution < -0.4 is 15.5 Å². The van der Waals surface area contributed by atoms with Crippen LogP contribution in [0.15, 0.2) is 73.2 Å². The first-order valence-corrected chi connectivity index (χ1v) is 13.7. The van der Waals surface area contributed by atoms with Crippen LogP contribution in [0, 0.1) is 11.3 Å². The van der Waals surface area contributed by atoms with Crippen LogP contribution in [0.1, 0.15) is 44.1 Å². The molecule has 38 heavy (non-hydrogen) atoms. The number of pyridine rings is 1. The van der Waals surface area contributed by atoms with E-state index in [1.54, 1.807) is 12.4 Å². The Kier molecular flexibility index (Phi) is 7.14. The smallest absolute Gasteiger partial charge is 0.126 e. The van der Waals surface area contributed by atoms with Crippen LogP contribution in [0.2, 0.25) is 0 Å². The number of anilines is 2. The highest BCUT2D eigenvalue weighted by Gasteiger charge is 2.29. The molecule has 1 saturated carbocycles. The molecule has 2 aromatic carbocycles. The minimum Gasteiger partial charge on any atom is -0.370 e. The number of hydrogen-bond donors (Lipinski definition) is 2. The van der Waals surface area contributed by atoms with E-state index in [2.05, 4.69) is 73.0 Å². The highest BCUT2D eigenvalue weighted by molar-refractivity contribution is 5.81. The summed E-state index contributed by atoms with van der Waals surface area (Å²) in [7, 11) is 0. The molecule has 1 aliphatic heterocycles. The molecule has 2 N–H and O–H groups in total. The molecule has 4 aromatic rings. The number of benzene rings is 2. The number of nitrogens with zero attached hydrogens (tertiary/aromatic N) is 5. The monoisotopic (exact) mass is 503 g/mol. The van der Waals surface area contributed by atoms with Gasteiger partial charge in [0.25, 0.3) is 0 Å². The summed E-state index contributed by atoms with van der Waals surface area (Å²) in [6.07, 6.45) is 12.5. The van der Waals surface area contributed by atoms with E-state index in [0.29, 0.717) is 23.7 Å². The van der Waals surface area contributed by atoms with Crippen LogP contribution in [0.4, 0.5) is 11.5 Å². The van der Waals surface area contributed by atoms with Crippen molar-refractivity contribution in [3.8, 4) is 17.2 Å². The molecule has 2 aromatic heterocycles. The van der Waals surface area contributed by atoms with E-state index in [4.69, 9.17) is 5.26 Å². The number of nitrogens with one attached hydrogen (secondary N) is 2. The fourth-order valence-corrected chi connectivity index (χ4v) is 5.92. The summed E-state index contributed by atoms with van der Waals surface area (Å²) in [4.78, 5) is 16.0. The molecular formula is C31H33N7. The minimum atomic E-state index is 0.347. The lowest BCUT2D eigenvalue weighted by Gasteiger charge is -2.40. The van der Waals surface area contributed by atoms with Crippen LogP contribution in [-0.2, 0) is 0 Å². The van der Waals surface area contributed by atoms with Crippen molar-refractivity contribution in [2.45, 2.75) is 56.7 Å². The number of rotatable bonds is 6. The van der Waals surface area contributed by atoms with E-state index in [0.717, 1.165) is 47.5 Å². The highest BCUT2D eigenvalue weighted by atomic mass is 15.2. The molecule has 0 amide bonds. The van der Waals surface area contributed by atoms with Crippen LogP contribution >= 0.6 is 0 Å². The maximum Gasteiger partial charge on any atom is 0.126 e. The average molecular weight is 504 g/mol. The van der Waals surface area contributed by atoms with Gasteiger partial charge in [0.05, 0.1) is 22.7 Å². The summed E-state index contributed by atoms with van der Waals surface area (Å²) in [6.45, 7) is 2.06. The van der Waals surface area contributed by atoms with Crippen LogP contribution in [-0.4, -0.2) is 46.2 Å². The molecule has 6 rings (SSSR count). The van der Waals surface area contributed by atoms with Crippen molar-refractivity contribution >= 4 is 22.5 Å². The van der Waals surface area contributed by atoms with Gasteiger partial charge in [0, 0.05) is 55.5 Å². The molecule has 1 aliphatic carbocycles. The lowest BCUT2D eigenvalue weighted by molar-refractivity contribution is 0.293. The molecule has 0 radical (unpaired) electrons. The van der Waals surface area contributed by atoms with Crippen molar-refractivity contribution in [1.29, 1.82) is 5.26 Å². The summed E-state index contributed by atoms with van der Waals surface area (Å²) in [5, 5.41) is 16.9. The van der Waals surface area contributed by atoms with Gasteiger partial charge in [-0.3, -0.25) is 9.97 Å². The summed E-state index contributed by atoms with van der Waals surface area (Å²) >= 11 is 0. The van der Waals surface area contributed by atoms with Crippen molar-refractivity contribution in [2.75, 3.05) is 23.3 Å². The fourth-order valence-electron chi connectivity index (χ4n) is 5.92. The minimum absolute atomic E-state index is 0.347. The zero-order valence-electron chi connectivity index (χ0n) is 21.6. The molecule has 7 heteroatoms. The zero-order chi connectivity index (χ0) is 25.7. The molecule has 0 unspecified atom stereocenters. The van der Waals surface area contributed by atoms with E-state index in [9.17, 15) is 0 Å². The number of hydrogen-bond acceptors (Lipinski definition) is 7. The van der Waals surface area contributed by atoms with E-state index in [1.165, 1.54) is 37.8 Å². The summed E-state index contributed by atoms with van der Waals surface area (Å²) in [5.41, 5.74) is 5.96. The first kappa shape index (κ1) is 24.3. The van der Waals surface area contributed by atoms with Crippen molar-refractivity contribution in [3.63, 3.8) is 0 Å². The first-order valence-electron chi connectivity index (χ1n) is 13.7. The number of nitriles is 1. The molecule has 1 saturated heterocycles. The van der Waals surface area contributed by atoms with Crippen LogP contribution in [0.5, 0.6) is 0 Å². The van der Waals surface area contributed by atoms with Gasteiger partial charge in [-0.25, -0.2) is 4.98 Å². The maximum absolute atomic E-state index is 9.12. The van der Waals surface area contributed by atoms with Gasteiger partial charge < -0.3 is 15.5 Å². The predicted molar refractivity (Wildman–Crippen MR) is 152 cm³/mol. The van der Waals surface area contributed by atoms with Crippen LogP contribution in [0.25, 0.3) is 22.2 Å². The summed E-state index contributed by atoms with van der Waals surface area (Å²) in [5.74, 6) is 0.920. The third-order valence-electron chi connectivity index (χ3n) is 7.89. The Morgan fingerprint density at radius 2 is 1.55 bits per heavy atom. The molecular weight excluding hydrogens is 470 g/mol. The number of aromatic nitrogens is 3. The van der Waals surface area contributed by atoms with Crippen molar-refractivity contribution < 1.29 is 0 Å². The Hall–Kier alpha value is -4.02. The Bertz CT molecular complexity index is 1430. The zero-order valence-corrected chi connectivity index (χ0v) is 21.6. The highest BCUT2D eigenvalue weighted by Crippen LogP contribution is 2.28. The summed E-state index contributed by atoms with van der Waals surface area (Å²) < 4.78 is 0. The number of piperidine rings is 1. The molecule has 0 spiro atoms. The normalized spacial score (nSPS) is 21.7. The summed E-state index contributed by atoms with van der Waals surface area (Å²) in [6, 6.07) is 21.8. The van der Waals surface area contributed by atoms with Crippen molar-refractivity contribution in [2.24, 2.45) is 0 Å². The predicted octanol–water partition coefficient (Wildman–Crippen LogP) is 5.55. The van der Waals surface area contributed by atoms with Crippen molar-refractivity contribution in [1.82, 2.24) is 20.3 Å². The van der Waals surface area contributed by atoms with Gasteiger partial charge in [-0.05, 0) is 85.3 Å². The second-order valence-electron chi connectivity index (χ2n) is 10.4. The second kappa shape index (κ2) is 11.2. The Labute approximate surface area is 224 Å². The Balaban J connectivity index is 1.13. The fraction of sp³-hybridized carbons (Fsp3) is 0.355. The first-order chi connectivity index (χ1) is 18.7. The van der Waals surface area contributed by atoms with E-state index in [1.807, 2.05) is 24.4 Å². The average Bonchev–Trinajstić information content (AvgIpc) is 2.98. The van der Waals surface area contributed by atoms with E-state index in [-0.39, 0.29) is 0 Å².